The molecule has 0 bridgehead atoms. The zero-order valence-electron chi connectivity index (χ0n) is 9.28. The highest BCUT2D eigenvalue weighted by Crippen LogP contribution is 2.42. The zero-order chi connectivity index (χ0) is 12.0. The summed E-state index contributed by atoms with van der Waals surface area (Å²) < 4.78 is 5.87. The van der Waals surface area contributed by atoms with Gasteiger partial charge in [-0.05, 0) is 42.6 Å². The van der Waals surface area contributed by atoms with Gasteiger partial charge in [-0.2, -0.15) is 0 Å². The average molecular weight is 253 g/mol. The molecule has 0 saturated heterocycles. The Hall–Kier alpha value is -1.06. The Morgan fingerprint density at radius 3 is 3.00 bits per heavy atom. The zero-order valence-corrected chi connectivity index (χ0v) is 10.0. The first-order chi connectivity index (χ1) is 8.16. The van der Waals surface area contributed by atoms with Gasteiger partial charge < -0.3 is 9.84 Å². The second kappa shape index (κ2) is 4.00. The molecule has 90 valence electrons. The third-order valence-corrected chi connectivity index (χ3v) is 3.84. The smallest absolute Gasteiger partial charge is 0.334 e. The molecule has 0 spiro atoms. The number of fused-ring (bicyclic) bond motifs is 2. The van der Waals surface area contributed by atoms with E-state index in [1.165, 1.54) is 11.6 Å². The van der Waals surface area contributed by atoms with Crippen LogP contribution in [0.15, 0.2) is 33.9 Å². The summed E-state index contributed by atoms with van der Waals surface area (Å²) in [6.45, 7) is 0. The molecule has 3 nitrogen and oxygen atoms in total. The molecule has 0 aromatic carbocycles. The highest BCUT2D eigenvalue weighted by molar-refractivity contribution is 6.32. The van der Waals surface area contributed by atoms with Crippen molar-refractivity contribution in [3.8, 4) is 0 Å². The lowest BCUT2D eigenvalue weighted by Gasteiger charge is -2.21. The van der Waals surface area contributed by atoms with Crippen LogP contribution in [0.25, 0.3) is 0 Å². The summed E-state index contributed by atoms with van der Waals surface area (Å²) in [5.74, 6) is -0.946. The predicted molar refractivity (Wildman–Crippen MR) is 63.8 cm³/mol. The van der Waals surface area contributed by atoms with Crippen molar-refractivity contribution in [2.45, 2.75) is 37.9 Å². The van der Waals surface area contributed by atoms with Crippen LogP contribution in [0, 0.1) is 0 Å². The predicted octanol–water partition coefficient (Wildman–Crippen LogP) is 2.77. The van der Waals surface area contributed by atoms with Gasteiger partial charge in [0, 0.05) is 5.03 Å². The normalized spacial score (nSPS) is 31.6. The summed E-state index contributed by atoms with van der Waals surface area (Å²) in [5.41, 5.74) is 2.50. The maximum atomic E-state index is 11.2. The van der Waals surface area contributed by atoms with Gasteiger partial charge in [0.25, 0.3) is 0 Å². The van der Waals surface area contributed by atoms with E-state index in [1.807, 2.05) is 6.08 Å². The minimum absolute atomic E-state index is 0.102. The molecule has 1 fully saturated rings. The summed E-state index contributed by atoms with van der Waals surface area (Å²) in [6.07, 6.45) is 7.35. The van der Waals surface area contributed by atoms with Crippen LogP contribution in [0.4, 0.5) is 0 Å². The van der Waals surface area contributed by atoms with Crippen LogP contribution in [0.5, 0.6) is 0 Å². The Balaban J connectivity index is 2.05. The number of allylic oxidation sites excluding steroid dienone is 2. The van der Waals surface area contributed by atoms with E-state index in [1.54, 1.807) is 0 Å². The number of ether oxygens (including phenoxy) is 1. The summed E-state index contributed by atoms with van der Waals surface area (Å²) in [6, 6.07) is 0. The number of halogens is 1. The van der Waals surface area contributed by atoms with Gasteiger partial charge in [0.15, 0.2) is 0 Å². The van der Waals surface area contributed by atoms with Gasteiger partial charge in [0.05, 0.1) is 11.7 Å². The largest absolute Gasteiger partial charge is 0.478 e. The number of carboxylic acids is 1. The molecule has 0 aromatic rings. The lowest BCUT2D eigenvalue weighted by Crippen LogP contribution is -2.24. The van der Waals surface area contributed by atoms with Crippen LogP contribution < -0.4 is 0 Å². The molecule has 2 aliphatic carbocycles. The van der Waals surface area contributed by atoms with Crippen LogP contribution in [0.2, 0.25) is 0 Å². The van der Waals surface area contributed by atoms with Gasteiger partial charge in [-0.15, -0.1) is 0 Å². The van der Waals surface area contributed by atoms with Crippen LogP contribution >= 0.6 is 11.6 Å². The van der Waals surface area contributed by atoms with Crippen molar-refractivity contribution < 1.29 is 14.6 Å². The SMILES string of the molecule is O=C(O)C1=CC(Cl)=CC2=C3CCCC[C@@H]3O[C@H]12. The van der Waals surface area contributed by atoms with E-state index in [9.17, 15) is 9.90 Å². The number of aliphatic carboxylic acids is 1. The van der Waals surface area contributed by atoms with E-state index in [4.69, 9.17) is 16.3 Å². The van der Waals surface area contributed by atoms with E-state index < -0.39 is 12.1 Å². The molecule has 0 amide bonds. The lowest BCUT2D eigenvalue weighted by atomic mass is 9.87. The fourth-order valence-corrected chi connectivity index (χ4v) is 3.10. The molecule has 1 N–H and O–H groups in total. The Morgan fingerprint density at radius 1 is 1.41 bits per heavy atom. The third-order valence-electron chi connectivity index (χ3n) is 3.62. The molecule has 2 atom stereocenters. The number of hydrogen-bond acceptors (Lipinski definition) is 2. The van der Waals surface area contributed by atoms with Crippen LogP contribution in [-0.2, 0) is 9.53 Å². The molecular formula is C13H13ClO3. The highest BCUT2D eigenvalue weighted by atomic mass is 35.5. The molecule has 0 aromatic heterocycles. The number of carboxylic acid groups (broad SMARTS) is 1. The fourth-order valence-electron chi connectivity index (χ4n) is 2.86. The second-order valence-corrected chi connectivity index (χ2v) is 5.10. The Labute approximate surface area is 104 Å². The summed E-state index contributed by atoms with van der Waals surface area (Å²) in [5, 5.41) is 9.66. The quantitative estimate of drug-likeness (QED) is 0.781. The van der Waals surface area contributed by atoms with Crippen LogP contribution in [0.1, 0.15) is 25.7 Å². The molecule has 0 unspecified atom stereocenters. The number of rotatable bonds is 1. The maximum Gasteiger partial charge on any atom is 0.334 e. The van der Waals surface area contributed by atoms with Crippen molar-refractivity contribution >= 4 is 17.6 Å². The number of carbonyl (C=O) groups is 1. The van der Waals surface area contributed by atoms with E-state index in [0.717, 1.165) is 31.3 Å². The molecule has 3 aliphatic rings. The molecule has 1 saturated carbocycles. The second-order valence-electron chi connectivity index (χ2n) is 4.67. The van der Waals surface area contributed by atoms with E-state index in [2.05, 4.69) is 0 Å². The van der Waals surface area contributed by atoms with Crippen LogP contribution in [0.3, 0.4) is 0 Å². The van der Waals surface area contributed by atoms with Crippen molar-refractivity contribution in [2.75, 3.05) is 0 Å². The van der Waals surface area contributed by atoms with Gasteiger partial charge in [-0.25, -0.2) is 4.79 Å². The fraction of sp³-hybridized carbons (Fsp3) is 0.462. The Kier molecular flexibility index (Phi) is 2.60. The summed E-state index contributed by atoms with van der Waals surface area (Å²) in [4.78, 5) is 11.2. The average Bonchev–Trinajstić information content (AvgIpc) is 2.66. The number of hydrogen-bond donors (Lipinski definition) is 1. The highest BCUT2D eigenvalue weighted by Gasteiger charge is 2.40. The van der Waals surface area contributed by atoms with Crippen molar-refractivity contribution in [1.82, 2.24) is 0 Å². The first kappa shape index (κ1) is 11.1. The van der Waals surface area contributed by atoms with Crippen molar-refractivity contribution in [3.05, 3.63) is 33.9 Å². The minimum atomic E-state index is -0.946. The Morgan fingerprint density at radius 2 is 2.24 bits per heavy atom. The van der Waals surface area contributed by atoms with Crippen LogP contribution in [-0.4, -0.2) is 23.3 Å². The van der Waals surface area contributed by atoms with E-state index in [0.29, 0.717) is 5.03 Å². The first-order valence-electron chi connectivity index (χ1n) is 5.87. The van der Waals surface area contributed by atoms with Crippen molar-refractivity contribution in [1.29, 1.82) is 0 Å². The van der Waals surface area contributed by atoms with Crippen molar-refractivity contribution in [3.63, 3.8) is 0 Å². The van der Waals surface area contributed by atoms with Gasteiger partial charge >= 0.3 is 5.97 Å². The standard InChI is InChI=1S/C13H13ClO3/c14-7-5-9-8-3-1-2-4-11(8)17-12(9)10(6-7)13(15)16/h5-6,11-12H,1-4H2,(H,15,16)/t11-,12-/m0/s1. The third kappa shape index (κ3) is 1.74. The van der Waals surface area contributed by atoms with Gasteiger partial charge in [0.1, 0.15) is 6.10 Å². The lowest BCUT2D eigenvalue weighted by molar-refractivity contribution is -0.134. The Bertz CT molecular complexity index is 473. The first-order valence-corrected chi connectivity index (χ1v) is 6.25. The molecule has 1 aliphatic heterocycles. The maximum absolute atomic E-state index is 11.2. The molecule has 3 rings (SSSR count). The van der Waals surface area contributed by atoms with E-state index in [-0.39, 0.29) is 11.7 Å². The molecule has 17 heavy (non-hydrogen) atoms. The summed E-state index contributed by atoms with van der Waals surface area (Å²) in [7, 11) is 0. The monoisotopic (exact) mass is 252 g/mol. The van der Waals surface area contributed by atoms with Gasteiger partial charge in [0.2, 0.25) is 0 Å². The molecule has 0 radical (unpaired) electrons. The van der Waals surface area contributed by atoms with Crippen molar-refractivity contribution in [2.24, 2.45) is 0 Å². The topological polar surface area (TPSA) is 46.5 Å². The van der Waals surface area contributed by atoms with Gasteiger partial charge in [-0.3, -0.25) is 0 Å². The van der Waals surface area contributed by atoms with E-state index >= 15 is 0 Å². The van der Waals surface area contributed by atoms with Gasteiger partial charge in [-0.1, -0.05) is 18.0 Å². The molecule has 1 heterocycles. The molecular weight excluding hydrogens is 240 g/mol. The minimum Gasteiger partial charge on any atom is -0.478 e. The summed E-state index contributed by atoms with van der Waals surface area (Å²) >= 11 is 5.98. The molecule has 4 heteroatoms.